The molecule has 0 radical (unpaired) electrons. The van der Waals surface area contributed by atoms with Gasteiger partial charge in [0.15, 0.2) is 5.11 Å². The van der Waals surface area contributed by atoms with Crippen molar-refractivity contribution in [1.29, 1.82) is 0 Å². The molecule has 2 rings (SSSR count). The third kappa shape index (κ3) is 5.34. The fourth-order valence-electron chi connectivity index (χ4n) is 1.93. The summed E-state index contributed by atoms with van der Waals surface area (Å²) in [5, 5.41) is 13.3. The van der Waals surface area contributed by atoms with Crippen LogP contribution in [0.1, 0.15) is 0 Å². The van der Waals surface area contributed by atoms with Crippen LogP contribution >= 0.6 is 47.0 Å². The second-order valence-electron chi connectivity index (χ2n) is 5.02. The minimum absolute atomic E-state index is 0.00256. The summed E-state index contributed by atoms with van der Waals surface area (Å²) in [6.07, 6.45) is 0. The highest BCUT2D eigenvalue weighted by atomic mass is 35.5. The number of rotatable bonds is 6. The van der Waals surface area contributed by atoms with Gasteiger partial charge in [0.05, 0.1) is 38.9 Å². The molecule has 0 atom stereocenters. The molecule has 0 aliphatic carbocycles. The van der Waals surface area contributed by atoms with E-state index in [4.69, 9.17) is 51.8 Å². The van der Waals surface area contributed by atoms with Gasteiger partial charge in [-0.05, 0) is 30.4 Å². The highest BCUT2D eigenvalue weighted by Gasteiger charge is 2.20. The molecule has 0 spiro atoms. The van der Waals surface area contributed by atoms with Gasteiger partial charge in [0, 0.05) is 6.07 Å². The predicted molar refractivity (Wildman–Crippen MR) is 111 cm³/mol. The third-order valence-corrected chi connectivity index (χ3v) is 5.85. The molecule has 0 heterocycles. The Morgan fingerprint density at radius 2 is 1.79 bits per heavy atom. The number of hydrogen-bond donors (Lipinski definition) is 3. The van der Waals surface area contributed by atoms with Gasteiger partial charge in [0.2, 0.25) is 0 Å². The van der Waals surface area contributed by atoms with Crippen molar-refractivity contribution in [3.63, 3.8) is 0 Å². The zero-order valence-corrected chi connectivity index (χ0v) is 17.7. The first-order chi connectivity index (χ1) is 13.0. The van der Waals surface area contributed by atoms with Gasteiger partial charge in [-0.2, -0.15) is 0 Å². The lowest BCUT2D eigenvalue weighted by Gasteiger charge is -2.15. The monoisotopic (exact) mass is 484 g/mol. The topological polar surface area (TPSA) is 123 Å². The van der Waals surface area contributed by atoms with E-state index in [0.717, 1.165) is 6.07 Å². The Bertz CT molecular complexity index is 1050. The van der Waals surface area contributed by atoms with Gasteiger partial charge in [0.1, 0.15) is 10.6 Å². The van der Waals surface area contributed by atoms with E-state index in [1.807, 2.05) is 4.83 Å². The lowest BCUT2D eigenvalue weighted by atomic mass is 10.2. The Balaban J connectivity index is 2.12. The number of hydrazine groups is 1. The summed E-state index contributed by atoms with van der Waals surface area (Å²) >= 11 is 22.5. The van der Waals surface area contributed by atoms with Crippen LogP contribution in [0, 0.1) is 10.1 Å². The largest absolute Gasteiger partial charge is 0.494 e. The van der Waals surface area contributed by atoms with Gasteiger partial charge in [0.25, 0.3) is 15.7 Å². The van der Waals surface area contributed by atoms with Crippen molar-refractivity contribution in [2.75, 3.05) is 12.4 Å². The summed E-state index contributed by atoms with van der Waals surface area (Å²) in [6, 6.07) is 6.05. The predicted octanol–water partition coefficient (Wildman–Crippen LogP) is 3.74. The summed E-state index contributed by atoms with van der Waals surface area (Å²) in [5.74, 6) is 0.133. The number of benzene rings is 2. The lowest BCUT2D eigenvalue weighted by Crippen LogP contribution is -2.43. The molecule has 150 valence electrons. The Hall–Kier alpha value is -1.89. The van der Waals surface area contributed by atoms with E-state index in [0.29, 0.717) is 0 Å². The van der Waals surface area contributed by atoms with Crippen molar-refractivity contribution in [3.8, 4) is 5.75 Å². The van der Waals surface area contributed by atoms with E-state index < -0.39 is 14.9 Å². The minimum atomic E-state index is -4.14. The molecule has 0 fully saturated rings. The standard InChI is InChI=1S/C14H11Cl3N4O5S2/c1-26-12-4-7(21(22)23)2-3-11(12)18-14(27)19-20-28(24,25)13-6-9(16)8(15)5-10(13)17/h2-6,20H,1H3,(H2,18,19,27). The van der Waals surface area contributed by atoms with Crippen LogP contribution in [0.3, 0.4) is 0 Å². The van der Waals surface area contributed by atoms with Crippen LogP contribution in [0.4, 0.5) is 11.4 Å². The zero-order chi connectivity index (χ0) is 21.1. The Kier molecular flexibility index (Phi) is 7.26. The maximum atomic E-state index is 12.4. The number of nitro groups is 1. The number of methoxy groups -OCH3 is 1. The summed E-state index contributed by atoms with van der Waals surface area (Å²) in [7, 11) is -2.82. The number of nitrogens with one attached hydrogen (secondary N) is 3. The zero-order valence-electron chi connectivity index (χ0n) is 13.8. The van der Waals surface area contributed by atoms with Crippen molar-refractivity contribution in [2.24, 2.45) is 0 Å². The first-order valence-corrected chi connectivity index (χ1v) is 10.1. The summed E-state index contributed by atoms with van der Waals surface area (Å²) in [5.41, 5.74) is 2.37. The van der Waals surface area contributed by atoms with Crippen LogP contribution in [0.25, 0.3) is 0 Å². The van der Waals surface area contributed by atoms with E-state index in [9.17, 15) is 18.5 Å². The van der Waals surface area contributed by atoms with E-state index in [1.165, 1.54) is 31.4 Å². The number of non-ortho nitro benzene ring substituents is 1. The normalized spacial score (nSPS) is 11.0. The van der Waals surface area contributed by atoms with Crippen molar-refractivity contribution >= 4 is 73.5 Å². The van der Waals surface area contributed by atoms with Gasteiger partial charge >= 0.3 is 0 Å². The third-order valence-electron chi connectivity index (χ3n) is 3.21. The maximum absolute atomic E-state index is 12.4. The number of hydrogen-bond acceptors (Lipinski definition) is 6. The molecule has 14 heteroatoms. The first kappa shape index (κ1) is 22.4. The van der Waals surface area contributed by atoms with Crippen LogP contribution in [0.5, 0.6) is 5.75 Å². The van der Waals surface area contributed by atoms with Crippen LogP contribution in [-0.2, 0) is 10.0 Å². The van der Waals surface area contributed by atoms with Crippen molar-refractivity contribution < 1.29 is 18.1 Å². The summed E-state index contributed by atoms with van der Waals surface area (Å²) in [4.78, 5) is 11.9. The number of thiocarbonyl (C=S) groups is 1. The molecule has 0 saturated carbocycles. The number of ether oxygens (including phenoxy) is 1. The number of nitro benzene ring substituents is 1. The van der Waals surface area contributed by atoms with Gasteiger partial charge < -0.3 is 10.1 Å². The van der Waals surface area contributed by atoms with E-state index in [-0.39, 0.29) is 42.2 Å². The van der Waals surface area contributed by atoms with Gasteiger partial charge in [-0.25, -0.2) is 8.42 Å². The molecule has 0 aliphatic rings. The molecule has 28 heavy (non-hydrogen) atoms. The fourth-order valence-corrected chi connectivity index (χ4v) is 4.01. The van der Waals surface area contributed by atoms with Gasteiger partial charge in [-0.15, -0.1) is 4.83 Å². The second kappa shape index (κ2) is 9.07. The summed E-state index contributed by atoms with van der Waals surface area (Å²) < 4.78 is 29.8. The Labute approximate surface area is 180 Å². The number of nitrogens with zero attached hydrogens (tertiary/aromatic N) is 1. The lowest BCUT2D eigenvalue weighted by molar-refractivity contribution is -0.384. The Morgan fingerprint density at radius 1 is 1.14 bits per heavy atom. The first-order valence-electron chi connectivity index (χ1n) is 7.11. The molecule has 3 N–H and O–H groups in total. The number of sulfonamides is 1. The van der Waals surface area contributed by atoms with Crippen LogP contribution in [-0.4, -0.2) is 25.6 Å². The molecular weight excluding hydrogens is 475 g/mol. The molecule has 0 unspecified atom stereocenters. The van der Waals surface area contributed by atoms with E-state index in [2.05, 4.69) is 10.7 Å². The molecular formula is C14H11Cl3N4O5S2. The van der Waals surface area contributed by atoms with Crippen LogP contribution < -0.4 is 20.3 Å². The van der Waals surface area contributed by atoms with E-state index >= 15 is 0 Å². The average Bonchev–Trinajstić information content (AvgIpc) is 2.63. The van der Waals surface area contributed by atoms with Gasteiger partial charge in [-0.3, -0.25) is 15.5 Å². The van der Waals surface area contributed by atoms with Crippen molar-refractivity contribution in [3.05, 3.63) is 55.5 Å². The minimum Gasteiger partial charge on any atom is -0.494 e. The molecule has 9 nitrogen and oxygen atoms in total. The summed E-state index contributed by atoms with van der Waals surface area (Å²) in [6.45, 7) is 0. The number of halogens is 3. The fraction of sp³-hybridized carbons (Fsp3) is 0.0714. The second-order valence-corrected chi connectivity index (χ2v) is 8.30. The van der Waals surface area contributed by atoms with Crippen LogP contribution in [0.2, 0.25) is 15.1 Å². The van der Waals surface area contributed by atoms with Crippen molar-refractivity contribution in [1.82, 2.24) is 10.3 Å². The SMILES string of the molecule is COc1cc([N+](=O)[O-])ccc1NC(=S)NNS(=O)(=O)c1cc(Cl)c(Cl)cc1Cl. The smallest absolute Gasteiger partial charge is 0.273 e. The Morgan fingerprint density at radius 3 is 2.39 bits per heavy atom. The molecule has 0 saturated heterocycles. The van der Waals surface area contributed by atoms with Crippen molar-refractivity contribution in [2.45, 2.75) is 4.90 Å². The molecule has 0 bridgehead atoms. The molecule has 2 aromatic carbocycles. The maximum Gasteiger partial charge on any atom is 0.273 e. The highest BCUT2D eigenvalue weighted by Crippen LogP contribution is 2.31. The highest BCUT2D eigenvalue weighted by molar-refractivity contribution is 7.89. The van der Waals surface area contributed by atoms with Gasteiger partial charge in [-0.1, -0.05) is 34.8 Å². The quantitative estimate of drug-likeness (QED) is 0.245. The molecule has 0 aromatic heterocycles. The average molecular weight is 486 g/mol. The number of anilines is 1. The van der Waals surface area contributed by atoms with E-state index in [1.54, 1.807) is 0 Å². The van der Waals surface area contributed by atoms with Crippen LogP contribution in [0.15, 0.2) is 35.2 Å². The molecule has 2 aromatic rings. The molecule has 0 amide bonds. The molecule has 0 aliphatic heterocycles.